The van der Waals surface area contributed by atoms with Crippen molar-refractivity contribution in [2.75, 3.05) is 0 Å². The van der Waals surface area contributed by atoms with Crippen LogP contribution in [0.15, 0.2) is 182 Å². The summed E-state index contributed by atoms with van der Waals surface area (Å²) in [4.78, 5) is 0. The van der Waals surface area contributed by atoms with Gasteiger partial charge in [0.1, 0.15) is 11.5 Å². The van der Waals surface area contributed by atoms with Gasteiger partial charge in [-0.3, -0.25) is 0 Å². The Balaban J connectivity index is 1.29. The van der Waals surface area contributed by atoms with Crippen LogP contribution >= 0.6 is 0 Å². The Morgan fingerprint density at radius 3 is 1.48 bits per heavy atom. The molecule has 0 radical (unpaired) electrons. The van der Waals surface area contributed by atoms with E-state index < -0.39 is 5.41 Å². The number of hydrogen-bond donors (Lipinski definition) is 0. The van der Waals surface area contributed by atoms with Gasteiger partial charge in [-0.25, -0.2) is 0 Å². The van der Waals surface area contributed by atoms with Gasteiger partial charge >= 0.3 is 0 Å². The van der Waals surface area contributed by atoms with E-state index in [2.05, 4.69) is 182 Å². The molecule has 0 saturated heterocycles. The van der Waals surface area contributed by atoms with Crippen molar-refractivity contribution in [1.82, 2.24) is 0 Å². The molecule has 0 atom stereocenters. The molecule has 1 heteroatoms. The number of benzene rings is 9. The third-order valence-electron chi connectivity index (χ3n) is 11.1. The van der Waals surface area contributed by atoms with Crippen molar-refractivity contribution in [3.8, 4) is 44.9 Å². The molecule has 232 valence electrons. The summed E-state index contributed by atoms with van der Waals surface area (Å²) in [6.07, 6.45) is 0. The Morgan fingerprint density at radius 1 is 0.320 bits per heavy atom. The molecule has 0 unspecified atom stereocenters. The van der Waals surface area contributed by atoms with Crippen LogP contribution < -0.4 is 4.74 Å². The highest BCUT2D eigenvalue weighted by Gasteiger charge is 2.51. The molecular weight excluding hydrogens is 605 g/mol. The minimum absolute atomic E-state index is 0.550. The van der Waals surface area contributed by atoms with Gasteiger partial charge in [-0.1, -0.05) is 164 Å². The van der Waals surface area contributed by atoms with Crippen LogP contribution in [0.25, 0.3) is 65.7 Å². The summed E-state index contributed by atoms with van der Waals surface area (Å²) in [6, 6.07) is 66.7. The molecule has 1 heterocycles. The molecule has 2 aliphatic rings. The van der Waals surface area contributed by atoms with E-state index in [1.807, 2.05) is 0 Å². The first-order valence-corrected chi connectivity index (χ1v) is 17.4. The van der Waals surface area contributed by atoms with E-state index >= 15 is 0 Å². The fourth-order valence-electron chi connectivity index (χ4n) is 9.18. The summed E-state index contributed by atoms with van der Waals surface area (Å²) >= 11 is 0. The summed E-state index contributed by atoms with van der Waals surface area (Å²) in [6.45, 7) is 0. The van der Waals surface area contributed by atoms with Crippen molar-refractivity contribution < 1.29 is 4.74 Å². The second kappa shape index (κ2) is 10.3. The second-order valence-electron chi connectivity index (χ2n) is 13.5. The third kappa shape index (κ3) is 3.56. The topological polar surface area (TPSA) is 9.23 Å². The van der Waals surface area contributed by atoms with Gasteiger partial charge in [-0.05, 0) is 95.0 Å². The van der Waals surface area contributed by atoms with Crippen molar-refractivity contribution in [2.24, 2.45) is 0 Å². The van der Waals surface area contributed by atoms with E-state index in [1.54, 1.807) is 0 Å². The van der Waals surface area contributed by atoms with Crippen molar-refractivity contribution in [3.05, 3.63) is 204 Å². The molecule has 0 fully saturated rings. The van der Waals surface area contributed by atoms with Crippen molar-refractivity contribution >= 4 is 32.3 Å². The zero-order valence-corrected chi connectivity index (χ0v) is 27.2. The quantitative estimate of drug-likeness (QED) is 0.172. The molecule has 1 nitrogen and oxygen atoms in total. The van der Waals surface area contributed by atoms with Gasteiger partial charge in [0.25, 0.3) is 0 Å². The normalized spacial score (nSPS) is 13.5. The van der Waals surface area contributed by atoms with E-state index in [-0.39, 0.29) is 0 Å². The van der Waals surface area contributed by atoms with E-state index in [0.29, 0.717) is 0 Å². The SMILES string of the molecule is c1ccc(-c2c3ccccc3c(-c3ccc4c(c3)C3(c5ccccc5Oc5ccccc53)c3ccc5ccccc5c3-4)c3ccccc23)cc1. The Hall–Kier alpha value is -6.44. The highest BCUT2D eigenvalue weighted by molar-refractivity contribution is 6.21. The number of fused-ring (bicyclic) bond motifs is 13. The standard InChI is InChI=1S/C49H30O/c1-2-15-32(16-3-1)46-35-18-6-8-20-37(35)47(38-21-9-7-19-36(38)46)33-26-28-39-43(30-33)49(42-29-27-31-14-4-5-17-34(31)48(39)42)40-22-10-12-24-44(40)50-45-25-13-11-23-41(45)49/h1-30H. The van der Waals surface area contributed by atoms with Crippen molar-refractivity contribution in [2.45, 2.75) is 5.41 Å². The molecular formula is C49H30O. The lowest BCUT2D eigenvalue weighted by molar-refractivity contribution is 0.436. The maximum Gasteiger partial charge on any atom is 0.132 e. The Kier molecular flexibility index (Phi) is 5.66. The van der Waals surface area contributed by atoms with E-state index in [1.165, 1.54) is 88.0 Å². The zero-order valence-electron chi connectivity index (χ0n) is 27.2. The molecule has 50 heavy (non-hydrogen) atoms. The first-order chi connectivity index (χ1) is 24.8. The molecule has 0 saturated carbocycles. The zero-order chi connectivity index (χ0) is 32.8. The fraction of sp³-hybridized carbons (Fsp3) is 0.0204. The maximum atomic E-state index is 6.67. The molecule has 0 bridgehead atoms. The van der Waals surface area contributed by atoms with Crippen molar-refractivity contribution in [1.29, 1.82) is 0 Å². The monoisotopic (exact) mass is 634 g/mol. The van der Waals surface area contributed by atoms with E-state index in [0.717, 1.165) is 11.5 Å². The Labute approximate surface area is 290 Å². The lowest BCUT2D eigenvalue weighted by Crippen LogP contribution is -2.32. The molecule has 0 N–H and O–H groups in total. The molecule has 0 aromatic heterocycles. The summed E-state index contributed by atoms with van der Waals surface area (Å²) in [5.41, 5.74) is 12.0. The second-order valence-corrected chi connectivity index (χ2v) is 13.5. The molecule has 1 spiro atoms. The van der Waals surface area contributed by atoms with E-state index in [4.69, 9.17) is 4.74 Å². The Bertz CT molecular complexity index is 2740. The van der Waals surface area contributed by atoms with Crippen LogP contribution in [0.4, 0.5) is 0 Å². The van der Waals surface area contributed by atoms with Crippen LogP contribution in [0.3, 0.4) is 0 Å². The minimum Gasteiger partial charge on any atom is -0.457 e. The molecule has 1 aliphatic heterocycles. The van der Waals surface area contributed by atoms with Gasteiger partial charge in [0.05, 0.1) is 5.41 Å². The van der Waals surface area contributed by atoms with Crippen LogP contribution in [0.2, 0.25) is 0 Å². The molecule has 0 amide bonds. The lowest BCUT2D eigenvalue weighted by atomic mass is 9.65. The third-order valence-corrected chi connectivity index (χ3v) is 11.1. The van der Waals surface area contributed by atoms with Crippen molar-refractivity contribution in [3.63, 3.8) is 0 Å². The van der Waals surface area contributed by atoms with Gasteiger partial charge in [0.2, 0.25) is 0 Å². The van der Waals surface area contributed by atoms with Crippen LogP contribution in [0.1, 0.15) is 22.3 Å². The summed E-state index contributed by atoms with van der Waals surface area (Å²) < 4.78 is 6.67. The molecule has 9 aromatic carbocycles. The van der Waals surface area contributed by atoms with Gasteiger partial charge in [0.15, 0.2) is 0 Å². The number of para-hydroxylation sites is 2. The van der Waals surface area contributed by atoms with Gasteiger partial charge in [0, 0.05) is 11.1 Å². The first kappa shape index (κ1) is 27.5. The predicted octanol–water partition coefficient (Wildman–Crippen LogP) is 12.9. The summed E-state index contributed by atoms with van der Waals surface area (Å²) in [7, 11) is 0. The van der Waals surface area contributed by atoms with Crippen LogP contribution in [-0.4, -0.2) is 0 Å². The number of ether oxygens (including phenoxy) is 1. The molecule has 9 aromatic rings. The fourth-order valence-corrected chi connectivity index (χ4v) is 9.18. The van der Waals surface area contributed by atoms with Crippen LogP contribution in [0, 0.1) is 0 Å². The minimum atomic E-state index is -0.550. The van der Waals surface area contributed by atoms with Crippen LogP contribution in [-0.2, 0) is 5.41 Å². The number of hydrogen-bond acceptors (Lipinski definition) is 1. The number of rotatable bonds is 2. The first-order valence-electron chi connectivity index (χ1n) is 17.4. The largest absolute Gasteiger partial charge is 0.457 e. The van der Waals surface area contributed by atoms with E-state index in [9.17, 15) is 0 Å². The average Bonchev–Trinajstić information content (AvgIpc) is 3.47. The lowest BCUT2D eigenvalue weighted by Gasteiger charge is -2.39. The van der Waals surface area contributed by atoms with Gasteiger partial charge in [-0.2, -0.15) is 0 Å². The molecule has 11 rings (SSSR count). The highest BCUT2D eigenvalue weighted by atomic mass is 16.5. The maximum absolute atomic E-state index is 6.67. The summed E-state index contributed by atoms with van der Waals surface area (Å²) in [5.74, 6) is 1.82. The summed E-state index contributed by atoms with van der Waals surface area (Å²) in [5, 5.41) is 7.57. The highest BCUT2D eigenvalue weighted by Crippen LogP contribution is 2.63. The molecule has 1 aliphatic carbocycles. The average molecular weight is 635 g/mol. The Morgan fingerprint density at radius 2 is 0.840 bits per heavy atom. The predicted molar refractivity (Wildman–Crippen MR) is 207 cm³/mol. The van der Waals surface area contributed by atoms with Gasteiger partial charge in [-0.15, -0.1) is 0 Å². The van der Waals surface area contributed by atoms with Gasteiger partial charge < -0.3 is 4.74 Å². The smallest absolute Gasteiger partial charge is 0.132 e. The van der Waals surface area contributed by atoms with Crippen LogP contribution in [0.5, 0.6) is 11.5 Å².